The Balaban J connectivity index is 1.72. The quantitative estimate of drug-likeness (QED) is 0.496. The minimum Gasteiger partial charge on any atom is -0.491 e. The van der Waals surface area contributed by atoms with Crippen molar-refractivity contribution in [2.24, 2.45) is 0 Å². The number of rotatable bonds is 7. The van der Waals surface area contributed by atoms with Crippen LogP contribution in [0.1, 0.15) is 25.5 Å². The maximum absolute atomic E-state index is 12.8. The largest absolute Gasteiger partial charge is 0.491 e. The van der Waals surface area contributed by atoms with E-state index in [-0.39, 0.29) is 18.2 Å². The van der Waals surface area contributed by atoms with Gasteiger partial charge in [0.25, 0.3) is 5.56 Å². The van der Waals surface area contributed by atoms with Crippen molar-refractivity contribution in [2.75, 3.05) is 12.4 Å². The van der Waals surface area contributed by atoms with Crippen molar-refractivity contribution in [1.29, 1.82) is 0 Å². The second kappa shape index (κ2) is 8.59. The van der Waals surface area contributed by atoms with E-state index in [1.54, 1.807) is 10.6 Å². The molecule has 6 heteroatoms. The molecule has 0 saturated heterocycles. The molecule has 0 aliphatic rings. The number of aliphatic hydroxyl groups excluding tert-OH is 1. The van der Waals surface area contributed by atoms with E-state index in [1.807, 2.05) is 63.2 Å². The Morgan fingerprint density at radius 2 is 1.96 bits per heavy atom. The number of benzene rings is 2. The second-order valence-corrected chi connectivity index (χ2v) is 7.76. The zero-order chi connectivity index (χ0) is 19.4. The van der Waals surface area contributed by atoms with Gasteiger partial charge in [0.15, 0.2) is 5.16 Å². The monoisotopic (exact) mass is 384 g/mol. The maximum Gasteiger partial charge on any atom is 0.262 e. The van der Waals surface area contributed by atoms with Gasteiger partial charge in [-0.15, -0.1) is 0 Å². The van der Waals surface area contributed by atoms with Crippen molar-refractivity contribution >= 4 is 22.7 Å². The Morgan fingerprint density at radius 3 is 2.70 bits per heavy atom. The molecule has 5 nitrogen and oxygen atoms in total. The summed E-state index contributed by atoms with van der Waals surface area (Å²) in [6, 6.07) is 15.0. The molecule has 142 valence electrons. The molecule has 1 atom stereocenters. The third-order valence-corrected chi connectivity index (χ3v) is 5.23. The summed E-state index contributed by atoms with van der Waals surface area (Å²) in [5.74, 6) is 1.13. The highest BCUT2D eigenvalue weighted by Gasteiger charge is 2.15. The van der Waals surface area contributed by atoms with E-state index in [0.29, 0.717) is 21.8 Å². The minimum atomic E-state index is -0.667. The number of aromatic nitrogens is 2. The van der Waals surface area contributed by atoms with Crippen LogP contribution in [0.4, 0.5) is 0 Å². The molecule has 1 aromatic heterocycles. The fourth-order valence-electron chi connectivity index (χ4n) is 2.80. The third kappa shape index (κ3) is 4.70. The predicted molar refractivity (Wildman–Crippen MR) is 110 cm³/mol. The van der Waals surface area contributed by atoms with Crippen LogP contribution in [-0.4, -0.2) is 33.1 Å². The van der Waals surface area contributed by atoms with E-state index < -0.39 is 6.10 Å². The van der Waals surface area contributed by atoms with E-state index in [0.717, 1.165) is 11.3 Å². The molecular formula is C21H24N2O3S. The molecule has 0 fully saturated rings. The lowest BCUT2D eigenvalue weighted by molar-refractivity contribution is 0.126. The first-order chi connectivity index (χ1) is 13.0. The van der Waals surface area contributed by atoms with Gasteiger partial charge in [0, 0.05) is 11.8 Å². The number of ether oxygens (including phenoxy) is 1. The third-order valence-electron chi connectivity index (χ3n) is 4.13. The van der Waals surface area contributed by atoms with Crippen LogP contribution >= 0.6 is 11.8 Å². The number of aliphatic hydroxyl groups is 1. The van der Waals surface area contributed by atoms with Crippen LogP contribution in [0.3, 0.4) is 0 Å². The van der Waals surface area contributed by atoms with E-state index in [1.165, 1.54) is 11.8 Å². The van der Waals surface area contributed by atoms with E-state index in [9.17, 15) is 9.90 Å². The summed E-state index contributed by atoms with van der Waals surface area (Å²) in [7, 11) is 0. The summed E-state index contributed by atoms with van der Waals surface area (Å²) in [5.41, 5.74) is 1.73. The number of hydrogen-bond acceptors (Lipinski definition) is 5. The van der Waals surface area contributed by atoms with Gasteiger partial charge >= 0.3 is 0 Å². The zero-order valence-electron chi connectivity index (χ0n) is 15.8. The van der Waals surface area contributed by atoms with Gasteiger partial charge in [-0.1, -0.05) is 36.0 Å². The van der Waals surface area contributed by atoms with Gasteiger partial charge in [-0.25, -0.2) is 4.98 Å². The van der Waals surface area contributed by atoms with Crippen LogP contribution < -0.4 is 10.3 Å². The van der Waals surface area contributed by atoms with Gasteiger partial charge < -0.3 is 9.84 Å². The molecule has 0 spiro atoms. The van der Waals surface area contributed by atoms with Crippen LogP contribution in [0.5, 0.6) is 5.75 Å². The van der Waals surface area contributed by atoms with E-state index >= 15 is 0 Å². The second-order valence-electron chi connectivity index (χ2n) is 6.77. The van der Waals surface area contributed by atoms with Crippen LogP contribution in [0.2, 0.25) is 0 Å². The Kier molecular flexibility index (Phi) is 6.19. The van der Waals surface area contributed by atoms with E-state index in [4.69, 9.17) is 4.74 Å². The number of hydrogen-bond donors (Lipinski definition) is 1. The van der Waals surface area contributed by atoms with Crippen molar-refractivity contribution in [1.82, 2.24) is 9.55 Å². The Morgan fingerprint density at radius 1 is 1.19 bits per heavy atom. The van der Waals surface area contributed by atoms with Gasteiger partial charge in [0.1, 0.15) is 12.4 Å². The molecule has 27 heavy (non-hydrogen) atoms. The van der Waals surface area contributed by atoms with Crippen molar-refractivity contribution in [2.45, 2.75) is 38.1 Å². The van der Waals surface area contributed by atoms with Gasteiger partial charge in [-0.2, -0.15) is 0 Å². The lowest BCUT2D eigenvalue weighted by atomic mass is 10.2. The lowest BCUT2D eigenvalue weighted by Crippen LogP contribution is -2.26. The summed E-state index contributed by atoms with van der Waals surface area (Å²) in [6.45, 7) is 6.10. The predicted octanol–water partition coefficient (Wildman–Crippen LogP) is 3.82. The van der Waals surface area contributed by atoms with Crippen molar-refractivity contribution in [3.05, 3.63) is 64.4 Å². The van der Waals surface area contributed by atoms with Crippen molar-refractivity contribution in [3.63, 3.8) is 0 Å². The molecular weight excluding hydrogens is 360 g/mol. The molecule has 1 N–H and O–H groups in total. The Labute approximate surface area is 163 Å². The van der Waals surface area contributed by atoms with Crippen molar-refractivity contribution < 1.29 is 9.84 Å². The number of thioether (sulfide) groups is 1. The zero-order valence-corrected chi connectivity index (χ0v) is 16.6. The number of nitrogens with zero attached hydrogens (tertiary/aromatic N) is 2. The Bertz CT molecular complexity index is 985. The number of fused-ring (bicyclic) bond motifs is 1. The molecule has 0 radical (unpaired) electrons. The molecule has 1 heterocycles. The van der Waals surface area contributed by atoms with E-state index in [2.05, 4.69) is 4.98 Å². The molecule has 0 aliphatic carbocycles. The van der Waals surface area contributed by atoms with Crippen LogP contribution in [-0.2, 0) is 0 Å². The Hall–Kier alpha value is -2.31. The number of para-hydroxylation sites is 1. The number of aryl methyl sites for hydroxylation is 1. The summed E-state index contributed by atoms with van der Waals surface area (Å²) in [4.78, 5) is 17.4. The first-order valence-electron chi connectivity index (χ1n) is 8.97. The fraction of sp³-hybridized carbons (Fsp3) is 0.333. The molecule has 0 aliphatic heterocycles. The molecule has 3 rings (SSSR count). The summed E-state index contributed by atoms with van der Waals surface area (Å²) < 4.78 is 7.34. The molecule has 0 bridgehead atoms. The minimum absolute atomic E-state index is 0.0159. The smallest absolute Gasteiger partial charge is 0.262 e. The highest BCUT2D eigenvalue weighted by molar-refractivity contribution is 7.99. The standard InChI is InChI=1S/C21H24N2O3S/c1-14(2)23-20(25)18-9-4-5-10-19(18)22-21(23)27-13-16(24)12-26-17-8-6-7-15(3)11-17/h4-11,14,16,24H,12-13H2,1-3H3/t16-/m1/s1. The molecule has 2 aromatic carbocycles. The first kappa shape index (κ1) is 19.5. The maximum atomic E-state index is 12.8. The summed E-state index contributed by atoms with van der Waals surface area (Å²) in [6.07, 6.45) is -0.667. The topological polar surface area (TPSA) is 64.3 Å². The van der Waals surface area contributed by atoms with Crippen molar-refractivity contribution in [3.8, 4) is 5.75 Å². The molecule has 0 saturated carbocycles. The van der Waals surface area contributed by atoms with Gasteiger partial charge in [-0.3, -0.25) is 9.36 Å². The molecule has 0 amide bonds. The average molecular weight is 385 g/mol. The average Bonchev–Trinajstić information content (AvgIpc) is 2.64. The highest BCUT2D eigenvalue weighted by Crippen LogP contribution is 2.22. The van der Waals surface area contributed by atoms with Gasteiger partial charge in [-0.05, 0) is 50.6 Å². The molecule has 0 unspecified atom stereocenters. The highest BCUT2D eigenvalue weighted by atomic mass is 32.2. The van der Waals surface area contributed by atoms with Crippen LogP contribution in [0.25, 0.3) is 10.9 Å². The molecule has 3 aromatic rings. The van der Waals surface area contributed by atoms with Gasteiger partial charge in [0.2, 0.25) is 0 Å². The lowest BCUT2D eigenvalue weighted by Gasteiger charge is -2.17. The normalized spacial score (nSPS) is 12.5. The van der Waals surface area contributed by atoms with Gasteiger partial charge in [0.05, 0.1) is 17.0 Å². The van der Waals surface area contributed by atoms with Crippen LogP contribution in [0.15, 0.2) is 58.5 Å². The first-order valence-corrected chi connectivity index (χ1v) is 9.96. The SMILES string of the molecule is Cc1cccc(OC[C@@H](O)CSc2nc3ccccc3c(=O)n2C(C)C)c1. The van der Waals surface area contributed by atoms with Crippen LogP contribution in [0, 0.1) is 6.92 Å². The summed E-state index contributed by atoms with van der Waals surface area (Å²) in [5, 5.41) is 11.5. The summed E-state index contributed by atoms with van der Waals surface area (Å²) >= 11 is 1.37. The fourth-order valence-corrected chi connectivity index (χ4v) is 3.83.